The van der Waals surface area contributed by atoms with Crippen LogP contribution in [0.25, 0.3) is 33.0 Å². The molecule has 2 aromatic heterocycles. The van der Waals surface area contributed by atoms with E-state index in [1.165, 1.54) is 28.4 Å². The Kier molecular flexibility index (Phi) is 8.06. The molecule has 2 aromatic carbocycles. The SMILES string of the molecule is COC(=O)C1=C(C(=O)OC)C(=C=C=C2C(C(=O)OC)=C(C(=O)OC)Sc3c2c2ccccc2n3C)c2c(n(C)c3ccccc23)S1. The van der Waals surface area contributed by atoms with Crippen LogP contribution in [0.5, 0.6) is 0 Å². The minimum Gasteiger partial charge on any atom is -0.465 e. The van der Waals surface area contributed by atoms with E-state index in [0.717, 1.165) is 45.3 Å². The number of benzene rings is 2. The Morgan fingerprint density at radius 1 is 0.565 bits per heavy atom. The summed E-state index contributed by atoms with van der Waals surface area (Å²) in [5.41, 5.74) is 9.48. The van der Waals surface area contributed by atoms with E-state index < -0.39 is 23.9 Å². The summed E-state index contributed by atoms with van der Waals surface area (Å²) in [5.74, 6) is -3.04. The minimum atomic E-state index is -0.787. The maximum absolute atomic E-state index is 13.4. The van der Waals surface area contributed by atoms with Crippen LogP contribution in [0.3, 0.4) is 0 Å². The lowest BCUT2D eigenvalue weighted by molar-refractivity contribution is -0.138. The lowest BCUT2D eigenvalue weighted by Gasteiger charge is -2.21. The third-order valence-corrected chi connectivity index (χ3v) is 10.3. The summed E-state index contributed by atoms with van der Waals surface area (Å²) in [6.45, 7) is 0. The number of methoxy groups -OCH3 is 4. The number of thioether (sulfide) groups is 2. The number of carbonyl (C=O) groups excluding carboxylic acids is 4. The van der Waals surface area contributed by atoms with Gasteiger partial charge in [-0.2, -0.15) is 0 Å². The molecule has 2 aliphatic heterocycles. The monoisotopic (exact) mass is 654 g/mol. The number of esters is 4. The van der Waals surface area contributed by atoms with Crippen LogP contribution in [0.4, 0.5) is 0 Å². The molecular weight excluding hydrogens is 629 g/mol. The molecular formula is C34H26N2O8S2. The van der Waals surface area contributed by atoms with Crippen LogP contribution in [0.15, 0.2) is 91.0 Å². The fourth-order valence-corrected chi connectivity index (χ4v) is 8.07. The highest BCUT2D eigenvalue weighted by atomic mass is 32.2. The number of aryl methyl sites for hydroxylation is 2. The molecule has 12 heteroatoms. The van der Waals surface area contributed by atoms with Crippen molar-refractivity contribution in [3.05, 3.63) is 92.1 Å². The highest BCUT2D eigenvalue weighted by molar-refractivity contribution is 8.04. The molecule has 4 heterocycles. The first-order chi connectivity index (χ1) is 22.2. The summed E-state index contributed by atoms with van der Waals surface area (Å²) in [4.78, 5) is 53.1. The Labute approximate surface area is 271 Å². The maximum Gasteiger partial charge on any atom is 0.345 e. The Morgan fingerprint density at radius 3 is 1.26 bits per heavy atom. The highest BCUT2D eigenvalue weighted by Gasteiger charge is 2.38. The molecule has 0 fully saturated rings. The number of rotatable bonds is 4. The van der Waals surface area contributed by atoms with Gasteiger partial charge >= 0.3 is 23.9 Å². The van der Waals surface area contributed by atoms with Gasteiger partial charge in [-0.15, -0.1) is 0 Å². The lowest BCUT2D eigenvalue weighted by atomic mass is 9.94. The van der Waals surface area contributed by atoms with E-state index in [9.17, 15) is 19.2 Å². The van der Waals surface area contributed by atoms with Crippen molar-refractivity contribution in [2.45, 2.75) is 10.1 Å². The summed E-state index contributed by atoms with van der Waals surface area (Å²) in [6.07, 6.45) is 0. The number of aromatic nitrogens is 2. The van der Waals surface area contributed by atoms with Crippen LogP contribution in [-0.2, 0) is 52.2 Å². The van der Waals surface area contributed by atoms with Gasteiger partial charge in [0.05, 0.1) is 60.8 Å². The first-order valence-electron chi connectivity index (χ1n) is 13.8. The molecule has 0 radical (unpaired) electrons. The first kappa shape index (κ1) is 30.9. The van der Waals surface area contributed by atoms with Gasteiger partial charge in [-0.05, 0) is 12.1 Å². The second-order valence-electron chi connectivity index (χ2n) is 10.1. The molecule has 10 nitrogen and oxygen atoms in total. The number of ether oxygens (including phenoxy) is 4. The van der Waals surface area contributed by atoms with Gasteiger partial charge in [-0.1, -0.05) is 71.4 Å². The van der Waals surface area contributed by atoms with Crippen molar-refractivity contribution in [1.29, 1.82) is 0 Å². The van der Waals surface area contributed by atoms with E-state index in [1.807, 2.05) is 71.8 Å². The zero-order chi connectivity index (χ0) is 32.9. The van der Waals surface area contributed by atoms with Crippen LogP contribution in [0.2, 0.25) is 0 Å². The van der Waals surface area contributed by atoms with E-state index in [4.69, 9.17) is 18.9 Å². The quantitative estimate of drug-likeness (QED) is 0.163. The molecule has 232 valence electrons. The molecule has 6 rings (SSSR count). The van der Waals surface area contributed by atoms with Crippen molar-refractivity contribution >= 4 is 80.4 Å². The number of fused-ring (bicyclic) bond motifs is 6. The average Bonchev–Trinajstić information content (AvgIpc) is 3.55. The van der Waals surface area contributed by atoms with E-state index in [2.05, 4.69) is 11.5 Å². The molecule has 0 N–H and O–H groups in total. The van der Waals surface area contributed by atoms with E-state index >= 15 is 0 Å². The van der Waals surface area contributed by atoms with Gasteiger partial charge in [-0.3, -0.25) is 0 Å². The number of para-hydroxylation sites is 2. The summed E-state index contributed by atoms with van der Waals surface area (Å²) in [7, 11) is 8.60. The fourth-order valence-electron chi connectivity index (χ4n) is 5.68. The van der Waals surface area contributed by atoms with Gasteiger partial charge < -0.3 is 28.1 Å². The third-order valence-electron chi connectivity index (χ3n) is 7.79. The zero-order valence-corrected chi connectivity index (χ0v) is 27.2. The summed E-state index contributed by atoms with van der Waals surface area (Å²) in [5, 5.41) is 2.90. The van der Waals surface area contributed by atoms with Crippen LogP contribution in [0, 0.1) is 0 Å². The van der Waals surface area contributed by atoms with Crippen LogP contribution >= 0.6 is 23.5 Å². The standard InChI is InChI=1S/C34H26N2O8S2/c1-35-21-13-9-7-11-17(21)23-19(25(31(37)41-3)27(33(39)43-5)45-29(23)35)15-16-20-24-18-12-8-10-14-22(18)36(2)30(24)46-28(34(40)44-6)26(20)32(38)42-4/h7-14H,1-6H3. The molecule has 0 saturated carbocycles. The van der Waals surface area contributed by atoms with Crippen LogP contribution in [0.1, 0.15) is 11.1 Å². The molecule has 0 saturated heterocycles. The molecule has 2 aliphatic rings. The Hall–Kier alpha value is -5.12. The van der Waals surface area contributed by atoms with Gasteiger partial charge in [-0.25, -0.2) is 19.2 Å². The molecule has 0 unspecified atom stereocenters. The normalized spacial score (nSPS) is 14.0. The van der Waals surface area contributed by atoms with Crippen LogP contribution < -0.4 is 0 Å². The molecule has 4 aromatic rings. The smallest absolute Gasteiger partial charge is 0.345 e. The molecule has 0 amide bonds. The molecule has 0 bridgehead atoms. The Bertz CT molecular complexity index is 2060. The van der Waals surface area contributed by atoms with E-state index in [0.29, 0.717) is 21.2 Å². The molecule has 46 heavy (non-hydrogen) atoms. The van der Waals surface area contributed by atoms with Crippen molar-refractivity contribution in [3.8, 4) is 0 Å². The fraction of sp³-hybridized carbons (Fsp3) is 0.176. The van der Waals surface area contributed by atoms with E-state index in [1.54, 1.807) is 0 Å². The second-order valence-corrected chi connectivity index (χ2v) is 12.1. The molecule has 0 atom stereocenters. The topological polar surface area (TPSA) is 115 Å². The average molecular weight is 655 g/mol. The van der Waals surface area contributed by atoms with Gasteiger partial charge in [0.25, 0.3) is 0 Å². The number of carbonyl (C=O) groups is 4. The van der Waals surface area contributed by atoms with Crippen molar-refractivity contribution in [2.75, 3.05) is 28.4 Å². The van der Waals surface area contributed by atoms with Gasteiger partial charge in [0.2, 0.25) is 0 Å². The van der Waals surface area contributed by atoms with E-state index in [-0.39, 0.29) is 32.1 Å². The first-order valence-corrected chi connectivity index (χ1v) is 15.4. The number of hydrogen-bond acceptors (Lipinski definition) is 10. The second kappa shape index (κ2) is 12.0. The van der Waals surface area contributed by atoms with Crippen molar-refractivity contribution < 1.29 is 38.1 Å². The highest BCUT2D eigenvalue weighted by Crippen LogP contribution is 2.51. The largest absolute Gasteiger partial charge is 0.465 e. The summed E-state index contributed by atoms with van der Waals surface area (Å²) >= 11 is 2.18. The Morgan fingerprint density at radius 2 is 0.913 bits per heavy atom. The van der Waals surface area contributed by atoms with Gasteiger partial charge in [0.15, 0.2) is 0 Å². The van der Waals surface area contributed by atoms with Crippen molar-refractivity contribution in [1.82, 2.24) is 9.13 Å². The predicted molar refractivity (Wildman–Crippen MR) is 174 cm³/mol. The van der Waals surface area contributed by atoms with Gasteiger partial charge in [0.1, 0.15) is 9.81 Å². The van der Waals surface area contributed by atoms with Crippen molar-refractivity contribution in [2.24, 2.45) is 14.1 Å². The number of nitrogens with zero attached hydrogens (tertiary/aromatic N) is 2. The summed E-state index contributed by atoms with van der Waals surface area (Å²) in [6, 6.07) is 15.2. The lowest BCUT2D eigenvalue weighted by Crippen LogP contribution is -2.18. The maximum atomic E-state index is 13.4. The zero-order valence-electron chi connectivity index (χ0n) is 25.6. The third kappa shape index (κ3) is 4.62. The van der Waals surface area contributed by atoms with Crippen molar-refractivity contribution in [3.63, 3.8) is 0 Å². The summed E-state index contributed by atoms with van der Waals surface area (Å²) < 4.78 is 24.3. The Balaban J connectivity index is 1.86. The van der Waals surface area contributed by atoms with Gasteiger partial charge in [0, 0.05) is 47.0 Å². The molecule has 0 aliphatic carbocycles. The minimum absolute atomic E-state index is 0.00564. The predicted octanol–water partition coefficient (Wildman–Crippen LogP) is 5.30. The number of hydrogen-bond donors (Lipinski definition) is 0. The van der Waals surface area contributed by atoms with Crippen LogP contribution in [-0.4, -0.2) is 61.5 Å². The molecule has 0 spiro atoms.